The Kier molecular flexibility index (Phi) is 7.96. The molecule has 0 saturated heterocycles. The smallest absolute Gasteiger partial charge is 0.119 e. The monoisotopic (exact) mass is 255 g/mol. The SMILES string of the molecule is COc1ccc(OCCNCCOCCO)cc1. The summed E-state index contributed by atoms with van der Waals surface area (Å²) in [7, 11) is 1.64. The molecule has 2 N–H and O–H groups in total. The molecule has 0 aliphatic rings. The standard InChI is InChI=1S/C13H21NO4/c1-16-12-2-4-13(5-3-12)18-10-7-14-6-9-17-11-8-15/h2-5,14-15H,6-11H2,1H3. The molecule has 0 unspecified atom stereocenters. The first-order valence-electron chi connectivity index (χ1n) is 6.03. The van der Waals surface area contributed by atoms with Crippen molar-refractivity contribution < 1.29 is 19.3 Å². The Bertz CT molecular complexity index is 302. The molecule has 0 saturated carbocycles. The van der Waals surface area contributed by atoms with Gasteiger partial charge in [0.2, 0.25) is 0 Å². The van der Waals surface area contributed by atoms with Crippen LogP contribution in [0.4, 0.5) is 0 Å². The highest BCUT2D eigenvalue weighted by atomic mass is 16.5. The molecular formula is C13H21NO4. The van der Waals surface area contributed by atoms with Gasteiger partial charge in [-0.3, -0.25) is 0 Å². The van der Waals surface area contributed by atoms with Gasteiger partial charge in [0.1, 0.15) is 18.1 Å². The maximum absolute atomic E-state index is 8.50. The Labute approximate surface area is 108 Å². The van der Waals surface area contributed by atoms with Crippen molar-refractivity contribution >= 4 is 0 Å². The van der Waals surface area contributed by atoms with Gasteiger partial charge in [-0.1, -0.05) is 0 Å². The number of benzene rings is 1. The van der Waals surface area contributed by atoms with E-state index in [9.17, 15) is 0 Å². The highest BCUT2D eigenvalue weighted by molar-refractivity contribution is 5.31. The third-order valence-corrected chi connectivity index (χ3v) is 2.27. The first-order valence-corrected chi connectivity index (χ1v) is 6.03. The third-order valence-electron chi connectivity index (χ3n) is 2.27. The Balaban J connectivity index is 2.00. The van der Waals surface area contributed by atoms with Crippen LogP contribution in [0, 0.1) is 0 Å². The molecule has 1 rings (SSSR count). The maximum Gasteiger partial charge on any atom is 0.119 e. The van der Waals surface area contributed by atoms with Crippen molar-refractivity contribution in [2.75, 3.05) is 46.6 Å². The highest BCUT2D eigenvalue weighted by Crippen LogP contribution is 2.16. The van der Waals surface area contributed by atoms with Crippen LogP contribution in [0.1, 0.15) is 0 Å². The molecule has 0 aliphatic carbocycles. The van der Waals surface area contributed by atoms with Gasteiger partial charge in [0, 0.05) is 13.1 Å². The second kappa shape index (κ2) is 9.70. The minimum absolute atomic E-state index is 0.0700. The molecule has 0 atom stereocenters. The molecule has 0 spiro atoms. The van der Waals surface area contributed by atoms with E-state index in [1.807, 2.05) is 24.3 Å². The van der Waals surface area contributed by atoms with Gasteiger partial charge in [-0.15, -0.1) is 0 Å². The summed E-state index contributed by atoms with van der Waals surface area (Å²) in [5.74, 6) is 1.65. The number of ether oxygens (including phenoxy) is 3. The lowest BCUT2D eigenvalue weighted by Gasteiger charge is -2.08. The quantitative estimate of drug-likeness (QED) is 0.602. The molecule has 0 fully saturated rings. The van der Waals surface area contributed by atoms with Crippen LogP contribution in [0.25, 0.3) is 0 Å². The molecule has 0 heterocycles. The average Bonchev–Trinajstić information content (AvgIpc) is 2.42. The van der Waals surface area contributed by atoms with E-state index in [4.69, 9.17) is 19.3 Å². The zero-order chi connectivity index (χ0) is 13.1. The van der Waals surface area contributed by atoms with Crippen molar-refractivity contribution in [1.29, 1.82) is 0 Å². The second-order valence-corrected chi connectivity index (χ2v) is 3.61. The number of hydrogen-bond acceptors (Lipinski definition) is 5. The van der Waals surface area contributed by atoms with Crippen LogP contribution in [-0.2, 0) is 4.74 Å². The van der Waals surface area contributed by atoms with Gasteiger partial charge in [-0.05, 0) is 24.3 Å². The van der Waals surface area contributed by atoms with Crippen molar-refractivity contribution in [3.63, 3.8) is 0 Å². The minimum atomic E-state index is 0.0700. The van der Waals surface area contributed by atoms with Crippen LogP contribution in [0.5, 0.6) is 11.5 Å². The van der Waals surface area contributed by atoms with E-state index in [1.54, 1.807) is 7.11 Å². The normalized spacial score (nSPS) is 10.3. The number of aliphatic hydroxyl groups is 1. The predicted octanol–water partition coefficient (Wildman–Crippen LogP) is 0.672. The van der Waals surface area contributed by atoms with Gasteiger partial charge in [0.05, 0.1) is 26.9 Å². The van der Waals surface area contributed by atoms with Crippen molar-refractivity contribution in [3.05, 3.63) is 24.3 Å². The van der Waals surface area contributed by atoms with E-state index in [-0.39, 0.29) is 6.61 Å². The van der Waals surface area contributed by atoms with E-state index in [0.717, 1.165) is 24.6 Å². The predicted molar refractivity (Wildman–Crippen MR) is 69.3 cm³/mol. The lowest BCUT2D eigenvalue weighted by molar-refractivity contribution is 0.0935. The molecule has 0 aromatic heterocycles. The molecule has 102 valence electrons. The minimum Gasteiger partial charge on any atom is -0.497 e. The van der Waals surface area contributed by atoms with Crippen LogP contribution in [0.3, 0.4) is 0 Å². The first kappa shape index (κ1) is 14.8. The summed E-state index contributed by atoms with van der Waals surface area (Å²) in [4.78, 5) is 0. The van der Waals surface area contributed by atoms with Crippen molar-refractivity contribution in [2.45, 2.75) is 0 Å². The summed E-state index contributed by atoms with van der Waals surface area (Å²) >= 11 is 0. The van der Waals surface area contributed by atoms with Crippen LogP contribution in [-0.4, -0.2) is 51.7 Å². The summed E-state index contributed by atoms with van der Waals surface area (Å²) in [6, 6.07) is 7.49. The number of hydrogen-bond donors (Lipinski definition) is 2. The van der Waals surface area contributed by atoms with E-state index >= 15 is 0 Å². The molecule has 0 bridgehead atoms. The van der Waals surface area contributed by atoms with E-state index in [2.05, 4.69) is 5.32 Å². The molecule has 18 heavy (non-hydrogen) atoms. The number of rotatable bonds is 10. The summed E-state index contributed by atoms with van der Waals surface area (Å²) in [5.41, 5.74) is 0. The van der Waals surface area contributed by atoms with Crippen molar-refractivity contribution in [1.82, 2.24) is 5.32 Å². The van der Waals surface area contributed by atoms with Gasteiger partial charge in [0.25, 0.3) is 0 Å². The van der Waals surface area contributed by atoms with Crippen molar-refractivity contribution in [2.24, 2.45) is 0 Å². The fourth-order valence-electron chi connectivity index (χ4n) is 1.35. The Hall–Kier alpha value is -1.30. The maximum atomic E-state index is 8.50. The van der Waals surface area contributed by atoms with Crippen LogP contribution in [0.2, 0.25) is 0 Å². The van der Waals surface area contributed by atoms with Gasteiger partial charge < -0.3 is 24.6 Å². The van der Waals surface area contributed by atoms with Crippen LogP contribution in [0.15, 0.2) is 24.3 Å². The summed E-state index contributed by atoms with van der Waals surface area (Å²) in [6.45, 7) is 3.18. The Morgan fingerprint density at radius 3 is 2.33 bits per heavy atom. The highest BCUT2D eigenvalue weighted by Gasteiger charge is 1.95. The first-order chi connectivity index (χ1) is 8.86. The van der Waals surface area contributed by atoms with Gasteiger partial charge >= 0.3 is 0 Å². The molecule has 0 amide bonds. The summed E-state index contributed by atoms with van der Waals surface area (Å²) in [5, 5.41) is 11.7. The lowest BCUT2D eigenvalue weighted by atomic mass is 10.3. The van der Waals surface area contributed by atoms with Crippen molar-refractivity contribution in [3.8, 4) is 11.5 Å². The number of nitrogens with one attached hydrogen (secondary N) is 1. The fraction of sp³-hybridized carbons (Fsp3) is 0.538. The molecule has 5 heteroatoms. The molecule has 1 aromatic carbocycles. The van der Waals surface area contributed by atoms with Gasteiger partial charge in [-0.25, -0.2) is 0 Å². The van der Waals surface area contributed by atoms with Crippen LogP contribution < -0.4 is 14.8 Å². The molecule has 1 aromatic rings. The number of methoxy groups -OCH3 is 1. The lowest BCUT2D eigenvalue weighted by Crippen LogP contribution is -2.25. The average molecular weight is 255 g/mol. The summed E-state index contributed by atoms with van der Waals surface area (Å²) < 4.78 is 15.7. The van der Waals surface area contributed by atoms with E-state index in [0.29, 0.717) is 19.8 Å². The Morgan fingerprint density at radius 2 is 1.67 bits per heavy atom. The second-order valence-electron chi connectivity index (χ2n) is 3.61. The van der Waals surface area contributed by atoms with Gasteiger partial charge in [0.15, 0.2) is 0 Å². The molecule has 0 aliphatic heterocycles. The molecule has 0 radical (unpaired) electrons. The molecule has 5 nitrogen and oxygen atoms in total. The summed E-state index contributed by atoms with van der Waals surface area (Å²) in [6.07, 6.45) is 0. The largest absolute Gasteiger partial charge is 0.497 e. The van der Waals surface area contributed by atoms with Gasteiger partial charge in [-0.2, -0.15) is 0 Å². The zero-order valence-electron chi connectivity index (χ0n) is 10.7. The van der Waals surface area contributed by atoms with Crippen LogP contribution >= 0.6 is 0 Å². The van der Waals surface area contributed by atoms with E-state index in [1.165, 1.54) is 0 Å². The number of aliphatic hydroxyl groups excluding tert-OH is 1. The zero-order valence-corrected chi connectivity index (χ0v) is 10.7. The van der Waals surface area contributed by atoms with E-state index < -0.39 is 0 Å². The Morgan fingerprint density at radius 1 is 1.00 bits per heavy atom. The fourth-order valence-corrected chi connectivity index (χ4v) is 1.35. The third kappa shape index (κ3) is 6.44. The topological polar surface area (TPSA) is 60.0 Å². The molecular weight excluding hydrogens is 234 g/mol.